The highest BCUT2D eigenvalue weighted by molar-refractivity contribution is 5.92. The molecule has 7 nitrogen and oxygen atoms in total. The monoisotopic (exact) mass is 421 g/mol. The Kier molecular flexibility index (Phi) is 5.50. The highest BCUT2D eigenvalue weighted by atomic mass is 19.4. The molecule has 0 saturated carbocycles. The number of rotatable bonds is 6. The maximum Gasteiger partial charge on any atom is 0.433 e. The average molecular weight is 421 g/mol. The maximum absolute atomic E-state index is 12.9. The molecule has 4 heterocycles. The van der Waals surface area contributed by atoms with Crippen LogP contribution in [0.4, 0.5) is 24.7 Å². The number of amides is 1. The van der Waals surface area contributed by atoms with Crippen molar-refractivity contribution in [2.75, 3.05) is 36.5 Å². The van der Waals surface area contributed by atoms with Crippen LogP contribution in [0.15, 0.2) is 36.7 Å². The zero-order valence-electron chi connectivity index (χ0n) is 16.4. The van der Waals surface area contributed by atoms with Gasteiger partial charge in [-0.05, 0) is 37.6 Å². The van der Waals surface area contributed by atoms with E-state index >= 15 is 0 Å². The molecule has 2 bridgehead atoms. The van der Waals surface area contributed by atoms with Crippen LogP contribution in [0, 0.1) is 0 Å². The number of fused-ring (bicyclic) bond motifs is 2. The van der Waals surface area contributed by atoms with Gasteiger partial charge in [-0.2, -0.15) is 13.2 Å². The van der Waals surface area contributed by atoms with E-state index in [1.165, 1.54) is 0 Å². The number of benzene rings is 1. The molecule has 1 aromatic heterocycles. The van der Waals surface area contributed by atoms with Crippen LogP contribution in [0.3, 0.4) is 0 Å². The Bertz CT molecular complexity index is 894. The first-order chi connectivity index (χ1) is 14.3. The molecule has 0 radical (unpaired) electrons. The molecule has 10 heteroatoms. The van der Waals surface area contributed by atoms with E-state index < -0.39 is 11.9 Å². The van der Waals surface area contributed by atoms with E-state index in [2.05, 4.69) is 20.2 Å². The topological polar surface area (TPSA) is 70.6 Å². The fourth-order valence-corrected chi connectivity index (χ4v) is 3.97. The summed E-state index contributed by atoms with van der Waals surface area (Å²) in [4.78, 5) is 23.7. The molecule has 3 fully saturated rings. The third-order valence-electron chi connectivity index (χ3n) is 5.39. The van der Waals surface area contributed by atoms with Gasteiger partial charge in [0, 0.05) is 36.9 Å². The molecule has 2 aromatic rings. The Morgan fingerprint density at radius 2 is 1.90 bits per heavy atom. The number of halogens is 3. The minimum absolute atomic E-state index is 0.110. The van der Waals surface area contributed by atoms with Gasteiger partial charge in [-0.3, -0.25) is 9.69 Å². The molecule has 3 aliphatic rings. The van der Waals surface area contributed by atoms with E-state index in [1.54, 1.807) is 24.3 Å². The average Bonchev–Trinajstić information content (AvgIpc) is 2.73. The summed E-state index contributed by atoms with van der Waals surface area (Å²) >= 11 is 0. The molecule has 0 aliphatic carbocycles. The van der Waals surface area contributed by atoms with Gasteiger partial charge < -0.3 is 15.0 Å². The molecule has 1 aromatic carbocycles. The quantitative estimate of drug-likeness (QED) is 0.774. The van der Waals surface area contributed by atoms with Crippen molar-refractivity contribution < 1.29 is 22.7 Å². The van der Waals surface area contributed by atoms with E-state index in [-0.39, 0.29) is 30.4 Å². The molecule has 1 amide bonds. The number of hydrogen-bond donors (Lipinski definition) is 1. The van der Waals surface area contributed by atoms with Gasteiger partial charge in [-0.15, -0.1) is 0 Å². The predicted molar refractivity (Wildman–Crippen MR) is 104 cm³/mol. The summed E-state index contributed by atoms with van der Waals surface area (Å²) in [5.74, 6) is 0.889. The van der Waals surface area contributed by atoms with Crippen LogP contribution in [0.25, 0.3) is 0 Å². The number of alkyl halides is 3. The van der Waals surface area contributed by atoms with Crippen molar-refractivity contribution in [3.63, 3.8) is 0 Å². The van der Waals surface area contributed by atoms with Gasteiger partial charge in [0.2, 0.25) is 5.91 Å². The SMILES string of the molecule is CCOc1ccc(NC(=O)CN2C3CC2CN(c2cc(C(F)(F)F)ncn2)C3)cc1. The van der Waals surface area contributed by atoms with Crippen LogP contribution < -0.4 is 15.0 Å². The van der Waals surface area contributed by atoms with Crippen molar-refractivity contribution in [3.05, 3.63) is 42.4 Å². The molecular formula is C20H22F3N5O2. The summed E-state index contributed by atoms with van der Waals surface area (Å²) < 4.78 is 44.1. The third-order valence-corrected chi connectivity index (χ3v) is 5.39. The fraction of sp³-hybridized carbons (Fsp3) is 0.450. The molecular weight excluding hydrogens is 399 g/mol. The highest BCUT2D eigenvalue weighted by Crippen LogP contribution is 2.35. The summed E-state index contributed by atoms with van der Waals surface area (Å²) in [6.45, 7) is 3.78. The Morgan fingerprint density at radius 1 is 1.20 bits per heavy atom. The Balaban J connectivity index is 1.32. The molecule has 0 spiro atoms. The van der Waals surface area contributed by atoms with Gasteiger partial charge in [-0.25, -0.2) is 9.97 Å². The van der Waals surface area contributed by atoms with Crippen molar-refractivity contribution in [1.29, 1.82) is 0 Å². The number of carbonyl (C=O) groups is 1. The lowest BCUT2D eigenvalue weighted by Gasteiger charge is -2.56. The minimum Gasteiger partial charge on any atom is -0.494 e. The number of ether oxygens (including phenoxy) is 1. The number of piperazine rings is 1. The maximum atomic E-state index is 12.9. The normalized spacial score (nSPS) is 21.1. The van der Waals surface area contributed by atoms with Gasteiger partial charge in [0.1, 0.15) is 23.6 Å². The first-order valence-corrected chi connectivity index (χ1v) is 9.76. The lowest BCUT2D eigenvalue weighted by molar-refractivity contribution is -0.141. The lowest BCUT2D eigenvalue weighted by atomic mass is 9.87. The van der Waals surface area contributed by atoms with Crippen molar-refractivity contribution in [2.45, 2.75) is 31.6 Å². The largest absolute Gasteiger partial charge is 0.494 e. The number of aromatic nitrogens is 2. The van der Waals surface area contributed by atoms with E-state index in [0.29, 0.717) is 25.4 Å². The first-order valence-electron chi connectivity index (χ1n) is 9.76. The van der Waals surface area contributed by atoms with Gasteiger partial charge in [0.05, 0.1) is 13.2 Å². The van der Waals surface area contributed by atoms with Crippen LogP contribution in [0.2, 0.25) is 0 Å². The fourth-order valence-electron chi connectivity index (χ4n) is 3.97. The standard InChI is InChI=1S/C20H22F3N5O2/c1-2-30-16-5-3-13(4-6-16)26-19(29)11-28-14-7-15(28)10-27(9-14)18-8-17(20(21,22)23)24-12-25-18/h3-6,8,12,14-15H,2,7,9-11H2,1H3,(H,26,29). The van der Waals surface area contributed by atoms with Crippen LogP contribution in [-0.4, -0.2) is 59.1 Å². The third kappa shape index (κ3) is 4.33. The smallest absolute Gasteiger partial charge is 0.433 e. The van der Waals surface area contributed by atoms with Crippen molar-refractivity contribution in [2.24, 2.45) is 0 Å². The summed E-state index contributed by atoms with van der Waals surface area (Å²) in [6.07, 6.45) is -2.63. The van der Waals surface area contributed by atoms with E-state index in [4.69, 9.17) is 4.74 Å². The van der Waals surface area contributed by atoms with Gasteiger partial charge >= 0.3 is 6.18 Å². The molecule has 160 valence electrons. The minimum atomic E-state index is -4.50. The van der Waals surface area contributed by atoms with E-state index in [0.717, 1.165) is 24.6 Å². The van der Waals surface area contributed by atoms with Crippen LogP contribution in [-0.2, 0) is 11.0 Å². The van der Waals surface area contributed by atoms with Gasteiger partial charge in [-0.1, -0.05) is 0 Å². The highest BCUT2D eigenvalue weighted by Gasteiger charge is 2.45. The molecule has 2 atom stereocenters. The van der Waals surface area contributed by atoms with Crippen molar-refractivity contribution >= 4 is 17.4 Å². The van der Waals surface area contributed by atoms with Crippen molar-refractivity contribution in [1.82, 2.24) is 14.9 Å². The van der Waals surface area contributed by atoms with E-state index in [1.807, 2.05) is 11.8 Å². The Hall–Kier alpha value is -2.88. The zero-order chi connectivity index (χ0) is 21.3. The molecule has 2 unspecified atom stereocenters. The summed E-state index contributed by atoms with van der Waals surface area (Å²) in [6, 6.07) is 8.37. The molecule has 3 aliphatic heterocycles. The van der Waals surface area contributed by atoms with Crippen LogP contribution >= 0.6 is 0 Å². The number of piperidine rings is 1. The van der Waals surface area contributed by atoms with Crippen molar-refractivity contribution in [3.8, 4) is 5.75 Å². The Labute approximate surface area is 171 Å². The van der Waals surface area contributed by atoms with Gasteiger partial charge in [0.25, 0.3) is 0 Å². The zero-order valence-corrected chi connectivity index (χ0v) is 16.4. The number of nitrogens with one attached hydrogen (secondary N) is 1. The number of carbonyl (C=O) groups excluding carboxylic acids is 1. The van der Waals surface area contributed by atoms with Crippen LogP contribution in [0.1, 0.15) is 19.0 Å². The Morgan fingerprint density at radius 3 is 2.53 bits per heavy atom. The molecule has 30 heavy (non-hydrogen) atoms. The van der Waals surface area contributed by atoms with Gasteiger partial charge in [0.15, 0.2) is 0 Å². The summed E-state index contributed by atoms with van der Waals surface area (Å²) in [5, 5.41) is 2.87. The number of hydrogen-bond acceptors (Lipinski definition) is 6. The second-order valence-electron chi connectivity index (χ2n) is 7.39. The first kappa shape index (κ1) is 20.4. The molecule has 3 saturated heterocycles. The number of nitrogens with zero attached hydrogens (tertiary/aromatic N) is 4. The summed E-state index contributed by atoms with van der Waals surface area (Å²) in [7, 11) is 0. The summed E-state index contributed by atoms with van der Waals surface area (Å²) in [5.41, 5.74) is -0.255. The second-order valence-corrected chi connectivity index (χ2v) is 7.39. The van der Waals surface area contributed by atoms with E-state index in [9.17, 15) is 18.0 Å². The predicted octanol–water partition coefficient (Wildman–Crippen LogP) is 2.80. The second kappa shape index (κ2) is 8.10. The van der Waals surface area contributed by atoms with Crippen LogP contribution in [0.5, 0.6) is 5.75 Å². The molecule has 1 N–H and O–H groups in total. The molecule has 5 rings (SSSR count). The lowest BCUT2D eigenvalue weighted by Crippen LogP contribution is -2.69. The number of anilines is 2.